The van der Waals surface area contributed by atoms with Crippen LogP contribution < -0.4 is 0 Å². The third-order valence-corrected chi connectivity index (χ3v) is 2.04. The summed E-state index contributed by atoms with van der Waals surface area (Å²) in [5.74, 6) is -6.08. The second-order valence-electron chi connectivity index (χ2n) is 3.24. The van der Waals surface area contributed by atoms with Gasteiger partial charge in [-0.25, -0.2) is 0 Å². The molecule has 0 heterocycles. The largest absolute Gasteiger partial charge is 0.480 e. The van der Waals surface area contributed by atoms with E-state index in [-0.39, 0.29) is 6.42 Å². The van der Waals surface area contributed by atoms with E-state index in [4.69, 9.17) is 10.2 Å². The topological polar surface area (TPSA) is 91.7 Å². The van der Waals surface area contributed by atoms with E-state index in [1.54, 1.807) is 30.3 Å². The van der Waals surface area contributed by atoms with Crippen molar-refractivity contribution in [3.8, 4) is 0 Å². The molecule has 0 unspecified atom stereocenters. The van der Waals surface area contributed by atoms with Gasteiger partial charge in [0.15, 0.2) is 5.78 Å². The zero-order valence-electron chi connectivity index (χ0n) is 8.29. The lowest BCUT2D eigenvalue weighted by Gasteiger charge is -2.06. The van der Waals surface area contributed by atoms with E-state index in [2.05, 4.69) is 0 Å². The Morgan fingerprint density at radius 3 is 1.94 bits per heavy atom. The molecule has 5 heteroatoms. The maximum absolute atomic E-state index is 11.4. The van der Waals surface area contributed by atoms with Gasteiger partial charge < -0.3 is 10.2 Å². The quantitative estimate of drug-likeness (QED) is 0.711. The monoisotopic (exact) mass is 222 g/mol. The average molecular weight is 222 g/mol. The van der Waals surface area contributed by atoms with Crippen molar-refractivity contribution in [2.45, 2.75) is 6.42 Å². The highest BCUT2D eigenvalue weighted by Gasteiger charge is 2.33. The number of benzene rings is 1. The van der Waals surface area contributed by atoms with Crippen molar-refractivity contribution in [1.29, 1.82) is 0 Å². The van der Waals surface area contributed by atoms with Crippen LogP contribution in [0.25, 0.3) is 0 Å². The molecule has 0 aliphatic rings. The van der Waals surface area contributed by atoms with E-state index >= 15 is 0 Å². The number of carbonyl (C=O) groups is 3. The molecule has 0 fully saturated rings. The second-order valence-corrected chi connectivity index (χ2v) is 3.24. The molecule has 0 atom stereocenters. The van der Waals surface area contributed by atoms with Crippen LogP contribution in [-0.4, -0.2) is 27.9 Å². The maximum Gasteiger partial charge on any atom is 0.325 e. The van der Waals surface area contributed by atoms with Crippen molar-refractivity contribution in [2.24, 2.45) is 5.92 Å². The van der Waals surface area contributed by atoms with Crippen molar-refractivity contribution in [3.63, 3.8) is 0 Å². The van der Waals surface area contributed by atoms with Gasteiger partial charge in [-0.15, -0.1) is 0 Å². The van der Waals surface area contributed by atoms with Crippen LogP contribution in [0.5, 0.6) is 0 Å². The molecule has 0 amide bonds. The molecule has 16 heavy (non-hydrogen) atoms. The Hall–Kier alpha value is -2.17. The summed E-state index contributed by atoms with van der Waals surface area (Å²) in [6, 6.07) is 8.41. The van der Waals surface area contributed by atoms with Crippen LogP contribution in [0.15, 0.2) is 30.3 Å². The highest BCUT2D eigenvalue weighted by Crippen LogP contribution is 2.07. The van der Waals surface area contributed by atoms with Crippen molar-refractivity contribution in [3.05, 3.63) is 35.9 Å². The second kappa shape index (κ2) is 5.06. The fourth-order valence-electron chi connectivity index (χ4n) is 1.28. The summed E-state index contributed by atoms with van der Waals surface area (Å²) >= 11 is 0. The molecule has 0 saturated heterocycles. The molecule has 5 nitrogen and oxygen atoms in total. The number of hydrogen-bond donors (Lipinski definition) is 2. The molecule has 0 spiro atoms. The van der Waals surface area contributed by atoms with E-state index in [1.807, 2.05) is 0 Å². The van der Waals surface area contributed by atoms with Crippen LogP contribution >= 0.6 is 0 Å². The van der Waals surface area contributed by atoms with Crippen LogP contribution in [0, 0.1) is 5.92 Å². The molecule has 2 N–H and O–H groups in total. The summed E-state index contributed by atoms with van der Waals surface area (Å²) in [5.41, 5.74) is 0.597. The van der Waals surface area contributed by atoms with Crippen molar-refractivity contribution < 1.29 is 24.6 Å². The lowest BCUT2D eigenvalue weighted by molar-refractivity contribution is -0.157. The molecule has 0 aliphatic heterocycles. The Bertz CT molecular complexity index is 396. The van der Waals surface area contributed by atoms with Crippen LogP contribution in [0.1, 0.15) is 5.56 Å². The predicted molar refractivity (Wildman–Crippen MR) is 53.9 cm³/mol. The van der Waals surface area contributed by atoms with E-state index in [0.29, 0.717) is 5.56 Å². The van der Waals surface area contributed by atoms with Gasteiger partial charge in [0.05, 0.1) is 0 Å². The third-order valence-electron chi connectivity index (χ3n) is 2.04. The molecule has 84 valence electrons. The first-order valence-corrected chi connectivity index (χ1v) is 4.54. The van der Waals surface area contributed by atoms with Gasteiger partial charge in [-0.3, -0.25) is 14.4 Å². The van der Waals surface area contributed by atoms with Crippen molar-refractivity contribution >= 4 is 17.7 Å². The zero-order chi connectivity index (χ0) is 12.1. The fourth-order valence-corrected chi connectivity index (χ4v) is 1.28. The van der Waals surface area contributed by atoms with Gasteiger partial charge >= 0.3 is 11.9 Å². The number of carboxylic acids is 2. The smallest absolute Gasteiger partial charge is 0.325 e. The van der Waals surface area contributed by atoms with Crippen LogP contribution in [0.2, 0.25) is 0 Å². The van der Waals surface area contributed by atoms with Crippen LogP contribution in [0.4, 0.5) is 0 Å². The molecular weight excluding hydrogens is 212 g/mol. The summed E-state index contributed by atoms with van der Waals surface area (Å²) in [4.78, 5) is 32.6. The molecule has 0 aliphatic carbocycles. The first kappa shape index (κ1) is 11.9. The van der Waals surface area contributed by atoms with Gasteiger partial charge in [0, 0.05) is 6.42 Å². The van der Waals surface area contributed by atoms with Gasteiger partial charge in [-0.05, 0) is 5.56 Å². The van der Waals surface area contributed by atoms with E-state index in [9.17, 15) is 14.4 Å². The Kier molecular flexibility index (Phi) is 3.77. The molecule has 0 bridgehead atoms. The number of hydrogen-bond acceptors (Lipinski definition) is 3. The Morgan fingerprint density at radius 1 is 1.00 bits per heavy atom. The minimum Gasteiger partial charge on any atom is -0.480 e. The standard InChI is InChI=1S/C11H10O5/c12-8(9(10(13)14)11(15)16)6-7-4-2-1-3-5-7/h1-5,9H,6H2,(H,13,14)(H,15,16). The Morgan fingerprint density at radius 2 is 1.50 bits per heavy atom. The Labute approximate surface area is 91.3 Å². The number of carbonyl (C=O) groups excluding carboxylic acids is 1. The first-order chi connectivity index (χ1) is 7.52. The SMILES string of the molecule is O=C(O)C(C(=O)O)C(=O)Cc1ccccc1. The normalized spacial score (nSPS) is 10.1. The summed E-state index contributed by atoms with van der Waals surface area (Å²) < 4.78 is 0. The van der Waals surface area contributed by atoms with Crippen molar-refractivity contribution in [2.75, 3.05) is 0 Å². The van der Waals surface area contributed by atoms with E-state index in [0.717, 1.165) is 0 Å². The first-order valence-electron chi connectivity index (χ1n) is 4.54. The number of Topliss-reactive ketones (excluding diaryl/α,β-unsaturated/α-hetero) is 1. The summed E-state index contributed by atoms with van der Waals surface area (Å²) in [6.45, 7) is 0. The number of rotatable bonds is 5. The van der Waals surface area contributed by atoms with E-state index in [1.165, 1.54) is 0 Å². The summed E-state index contributed by atoms with van der Waals surface area (Å²) in [6.07, 6.45) is -0.190. The maximum atomic E-state index is 11.4. The zero-order valence-corrected chi connectivity index (χ0v) is 8.29. The Balaban J connectivity index is 2.78. The van der Waals surface area contributed by atoms with Gasteiger partial charge in [0.25, 0.3) is 0 Å². The third kappa shape index (κ3) is 2.91. The molecule has 1 aromatic rings. The van der Waals surface area contributed by atoms with Gasteiger partial charge in [0.2, 0.25) is 5.92 Å². The molecule has 0 aromatic heterocycles. The minimum absolute atomic E-state index is 0.190. The highest BCUT2D eigenvalue weighted by atomic mass is 16.4. The molecule has 0 saturated carbocycles. The van der Waals surface area contributed by atoms with E-state index < -0.39 is 23.6 Å². The molecule has 1 rings (SSSR count). The van der Waals surface area contributed by atoms with Crippen molar-refractivity contribution in [1.82, 2.24) is 0 Å². The number of ketones is 1. The average Bonchev–Trinajstić information content (AvgIpc) is 2.17. The predicted octanol–water partition coefficient (Wildman–Crippen LogP) is 0.584. The van der Waals surface area contributed by atoms with Crippen LogP contribution in [0.3, 0.4) is 0 Å². The summed E-state index contributed by atoms with van der Waals surface area (Å²) in [5, 5.41) is 17.2. The summed E-state index contributed by atoms with van der Waals surface area (Å²) in [7, 11) is 0. The lowest BCUT2D eigenvalue weighted by atomic mass is 9.98. The number of carboxylic acid groups (broad SMARTS) is 2. The molecular formula is C11H10O5. The highest BCUT2D eigenvalue weighted by molar-refractivity contribution is 6.14. The van der Waals surface area contributed by atoms with Gasteiger partial charge in [-0.2, -0.15) is 0 Å². The fraction of sp³-hybridized carbons (Fsp3) is 0.182. The minimum atomic E-state index is -1.99. The van der Waals surface area contributed by atoms with Gasteiger partial charge in [-0.1, -0.05) is 30.3 Å². The molecule has 0 radical (unpaired) electrons. The lowest BCUT2D eigenvalue weighted by Crippen LogP contribution is -2.32. The molecule has 1 aromatic carbocycles. The van der Waals surface area contributed by atoms with Crippen LogP contribution in [-0.2, 0) is 20.8 Å². The van der Waals surface area contributed by atoms with Gasteiger partial charge in [0.1, 0.15) is 0 Å². The number of aliphatic carboxylic acids is 2.